The molecule has 0 bridgehead atoms. The van der Waals surface area contributed by atoms with Crippen molar-refractivity contribution in [1.29, 1.82) is 0 Å². The molecule has 1 heterocycles. The Morgan fingerprint density at radius 1 is 1.22 bits per heavy atom. The molecule has 0 aliphatic heterocycles. The molecule has 0 aliphatic rings. The fourth-order valence-electron chi connectivity index (χ4n) is 2.08. The lowest BCUT2D eigenvalue weighted by molar-refractivity contribution is 0.0950. The van der Waals surface area contributed by atoms with Crippen LogP contribution in [-0.4, -0.2) is 38.3 Å². The second-order valence-electron chi connectivity index (χ2n) is 4.84. The fraction of sp³-hybridized carbons (Fsp3) is 0.294. The van der Waals surface area contributed by atoms with Gasteiger partial charge in [0.2, 0.25) is 0 Å². The van der Waals surface area contributed by atoms with Crippen molar-refractivity contribution in [2.24, 2.45) is 0 Å². The van der Waals surface area contributed by atoms with Crippen LogP contribution in [0.3, 0.4) is 0 Å². The number of benzene rings is 1. The summed E-state index contributed by atoms with van der Waals surface area (Å²) < 4.78 is 10.2. The number of hydrogen-bond donors (Lipinski definition) is 2. The Kier molecular flexibility index (Phi) is 6.38. The molecule has 6 heteroatoms. The van der Waals surface area contributed by atoms with Gasteiger partial charge in [0.15, 0.2) is 0 Å². The Morgan fingerprint density at radius 2 is 2.04 bits per heavy atom. The summed E-state index contributed by atoms with van der Waals surface area (Å²) in [7, 11) is 3.25. The van der Waals surface area contributed by atoms with Crippen molar-refractivity contribution in [3.8, 4) is 5.75 Å². The maximum Gasteiger partial charge on any atom is 0.251 e. The Labute approximate surface area is 135 Å². The molecule has 0 spiro atoms. The number of methoxy groups -OCH3 is 2. The van der Waals surface area contributed by atoms with Gasteiger partial charge in [-0.3, -0.25) is 4.79 Å². The summed E-state index contributed by atoms with van der Waals surface area (Å²) in [6.07, 6.45) is 1.60. The number of para-hydroxylation sites is 1. The number of carbonyl (C=O) groups is 1. The number of pyridine rings is 1. The zero-order chi connectivity index (χ0) is 16.5. The largest absolute Gasteiger partial charge is 0.496 e. The minimum absolute atomic E-state index is 0.159. The van der Waals surface area contributed by atoms with E-state index in [0.717, 1.165) is 11.3 Å². The van der Waals surface area contributed by atoms with Crippen LogP contribution in [0.5, 0.6) is 5.75 Å². The van der Waals surface area contributed by atoms with E-state index < -0.39 is 0 Å². The molecule has 0 aliphatic carbocycles. The zero-order valence-electron chi connectivity index (χ0n) is 13.3. The topological polar surface area (TPSA) is 72.5 Å². The molecule has 0 saturated heterocycles. The van der Waals surface area contributed by atoms with Gasteiger partial charge in [-0.25, -0.2) is 4.98 Å². The van der Waals surface area contributed by atoms with E-state index in [2.05, 4.69) is 15.6 Å². The molecular weight excluding hydrogens is 294 g/mol. The highest BCUT2D eigenvalue weighted by Gasteiger charge is 2.08. The van der Waals surface area contributed by atoms with E-state index in [4.69, 9.17) is 9.47 Å². The third kappa shape index (κ3) is 4.96. The Bertz CT molecular complexity index is 646. The second kappa shape index (κ2) is 8.75. The van der Waals surface area contributed by atoms with E-state index in [9.17, 15) is 4.79 Å². The predicted molar refractivity (Wildman–Crippen MR) is 88.8 cm³/mol. The Balaban J connectivity index is 1.96. The fourth-order valence-corrected chi connectivity index (χ4v) is 2.08. The van der Waals surface area contributed by atoms with Crippen LogP contribution in [0.4, 0.5) is 5.82 Å². The number of rotatable bonds is 8. The van der Waals surface area contributed by atoms with Crippen LogP contribution in [0.25, 0.3) is 0 Å². The average Bonchev–Trinajstić information content (AvgIpc) is 2.60. The summed E-state index contributed by atoms with van der Waals surface area (Å²) in [6, 6.07) is 11.0. The lowest BCUT2D eigenvalue weighted by Crippen LogP contribution is -2.23. The molecule has 122 valence electrons. The van der Waals surface area contributed by atoms with Gasteiger partial charge in [-0.05, 0) is 18.2 Å². The highest BCUT2D eigenvalue weighted by atomic mass is 16.5. The van der Waals surface area contributed by atoms with Gasteiger partial charge in [0, 0.05) is 37.5 Å². The van der Waals surface area contributed by atoms with Gasteiger partial charge in [0.25, 0.3) is 5.91 Å². The highest BCUT2D eigenvalue weighted by Crippen LogP contribution is 2.17. The summed E-state index contributed by atoms with van der Waals surface area (Å²) in [5.41, 5.74) is 1.48. The molecule has 6 nitrogen and oxygen atoms in total. The van der Waals surface area contributed by atoms with Crippen molar-refractivity contribution >= 4 is 11.7 Å². The number of amides is 1. The molecular formula is C17H21N3O3. The molecule has 0 unspecified atom stereocenters. The molecule has 1 aromatic heterocycles. The SMILES string of the molecule is COCCNc1cc(C(=O)NCc2ccccc2OC)ccn1. The summed E-state index contributed by atoms with van der Waals surface area (Å²) in [6.45, 7) is 1.61. The van der Waals surface area contributed by atoms with Crippen molar-refractivity contribution in [2.45, 2.75) is 6.54 Å². The van der Waals surface area contributed by atoms with Crippen LogP contribution in [0.15, 0.2) is 42.6 Å². The molecule has 0 atom stereocenters. The van der Waals surface area contributed by atoms with Crippen LogP contribution >= 0.6 is 0 Å². The van der Waals surface area contributed by atoms with Crippen LogP contribution in [0.1, 0.15) is 15.9 Å². The molecule has 2 rings (SSSR count). The van der Waals surface area contributed by atoms with Crippen molar-refractivity contribution in [1.82, 2.24) is 10.3 Å². The van der Waals surface area contributed by atoms with Crippen LogP contribution in [-0.2, 0) is 11.3 Å². The first-order valence-corrected chi connectivity index (χ1v) is 7.33. The van der Waals surface area contributed by atoms with Crippen LogP contribution in [0.2, 0.25) is 0 Å². The van der Waals surface area contributed by atoms with Crippen molar-refractivity contribution in [3.05, 3.63) is 53.7 Å². The monoisotopic (exact) mass is 315 g/mol. The minimum atomic E-state index is -0.159. The van der Waals surface area contributed by atoms with E-state index in [1.807, 2.05) is 24.3 Å². The first-order chi connectivity index (χ1) is 11.2. The molecule has 1 amide bonds. The van der Waals surface area contributed by atoms with Crippen LogP contribution in [0, 0.1) is 0 Å². The second-order valence-corrected chi connectivity index (χ2v) is 4.84. The normalized spacial score (nSPS) is 10.2. The maximum atomic E-state index is 12.3. The van der Waals surface area contributed by atoms with E-state index in [1.54, 1.807) is 32.5 Å². The number of anilines is 1. The molecule has 2 N–H and O–H groups in total. The highest BCUT2D eigenvalue weighted by molar-refractivity contribution is 5.94. The maximum absolute atomic E-state index is 12.3. The van der Waals surface area contributed by atoms with Crippen LogP contribution < -0.4 is 15.4 Å². The van der Waals surface area contributed by atoms with Gasteiger partial charge in [-0.15, -0.1) is 0 Å². The third-order valence-electron chi connectivity index (χ3n) is 3.27. The number of carbonyl (C=O) groups excluding carboxylic acids is 1. The van der Waals surface area contributed by atoms with Crippen molar-refractivity contribution < 1.29 is 14.3 Å². The molecule has 0 radical (unpaired) electrons. The standard InChI is InChI=1S/C17H21N3O3/c1-22-10-9-19-16-11-13(7-8-18-16)17(21)20-12-14-5-3-4-6-15(14)23-2/h3-8,11H,9-10,12H2,1-2H3,(H,18,19)(H,20,21). The summed E-state index contributed by atoms with van der Waals surface area (Å²) >= 11 is 0. The molecule has 23 heavy (non-hydrogen) atoms. The Morgan fingerprint density at radius 3 is 2.83 bits per heavy atom. The average molecular weight is 315 g/mol. The van der Waals surface area contributed by atoms with Gasteiger partial charge < -0.3 is 20.1 Å². The number of ether oxygens (including phenoxy) is 2. The quantitative estimate of drug-likeness (QED) is 0.730. The summed E-state index contributed by atoms with van der Waals surface area (Å²) in [4.78, 5) is 16.4. The number of nitrogens with one attached hydrogen (secondary N) is 2. The predicted octanol–water partition coefficient (Wildman–Crippen LogP) is 2.08. The summed E-state index contributed by atoms with van der Waals surface area (Å²) in [5.74, 6) is 1.24. The third-order valence-corrected chi connectivity index (χ3v) is 3.27. The number of aromatic nitrogens is 1. The number of nitrogens with zero attached hydrogens (tertiary/aromatic N) is 1. The van der Waals surface area contributed by atoms with E-state index >= 15 is 0 Å². The molecule has 1 aromatic carbocycles. The van der Waals surface area contributed by atoms with Gasteiger partial charge in [-0.2, -0.15) is 0 Å². The summed E-state index contributed by atoms with van der Waals surface area (Å²) in [5, 5.41) is 5.98. The smallest absolute Gasteiger partial charge is 0.251 e. The first kappa shape index (κ1) is 16.8. The van der Waals surface area contributed by atoms with E-state index in [1.165, 1.54) is 0 Å². The van der Waals surface area contributed by atoms with Gasteiger partial charge in [-0.1, -0.05) is 18.2 Å². The number of hydrogen-bond acceptors (Lipinski definition) is 5. The van der Waals surface area contributed by atoms with Gasteiger partial charge in [0.05, 0.1) is 13.7 Å². The van der Waals surface area contributed by atoms with E-state index in [0.29, 0.717) is 31.1 Å². The molecule has 0 fully saturated rings. The van der Waals surface area contributed by atoms with Crippen molar-refractivity contribution in [2.75, 3.05) is 32.7 Å². The van der Waals surface area contributed by atoms with E-state index in [-0.39, 0.29) is 5.91 Å². The van der Waals surface area contributed by atoms with Gasteiger partial charge >= 0.3 is 0 Å². The lowest BCUT2D eigenvalue weighted by Gasteiger charge is -2.10. The molecule has 2 aromatic rings. The molecule has 0 saturated carbocycles. The Hall–Kier alpha value is -2.60. The van der Waals surface area contributed by atoms with Gasteiger partial charge in [0.1, 0.15) is 11.6 Å². The first-order valence-electron chi connectivity index (χ1n) is 7.33. The van der Waals surface area contributed by atoms with Crippen molar-refractivity contribution in [3.63, 3.8) is 0 Å². The minimum Gasteiger partial charge on any atom is -0.496 e. The zero-order valence-corrected chi connectivity index (χ0v) is 13.3. The lowest BCUT2D eigenvalue weighted by atomic mass is 10.2.